The molecule has 0 bridgehead atoms. The van der Waals surface area contributed by atoms with E-state index < -0.39 is 0 Å². The second-order valence-corrected chi connectivity index (χ2v) is 7.85. The molecule has 0 saturated heterocycles. The minimum atomic E-state index is -0.191. The van der Waals surface area contributed by atoms with E-state index in [4.69, 9.17) is 0 Å². The Balaban J connectivity index is 1.79. The highest BCUT2D eigenvalue weighted by atomic mass is 16.2. The molecule has 0 radical (unpaired) electrons. The summed E-state index contributed by atoms with van der Waals surface area (Å²) >= 11 is 0. The van der Waals surface area contributed by atoms with E-state index in [0.29, 0.717) is 23.7 Å². The zero-order chi connectivity index (χ0) is 22.1. The second kappa shape index (κ2) is 11.0. The molecule has 2 aromatic carbocycles. The van der Waals surface area contributed by atoms with E-state index in [1.54, 1.807) is 36.4 Å². The molecule has 2 aromatic rings. The largest absolute Gasteiger partial charge is 0.376 e. The van der Waals surface area contributed by atoms with Gasteiger partial charge in [-0.15, -0.1) is 0 Å². The van der Waals surface area contributed by atoms with E-state index in [-0.39, 0.29) is 30.2 Å². The number of rotatable bonds is 9. The topological polar surface area (TPSA) is 99.3 Å². The van der Waals surface area contributed by atoms with Crippen molar-refractivity contribution in [1.29, 1.82) is 0 Å². The maximum absolute atomic E-state index is 12.2. The molecule has 0 heterocycles. The number of carbonyl (C=O) groups is 3. The molecule has 7 heteroatoms. The molecule has 0 aliphatic heterocycles. The van der Waals surface area contributed by atoms with Crippen LogP contribution in [-0.2, 0) is 14.4 Å². The molecule has 2 rings (SSSR count). The Hall–Kier alpha value is -3.35. The molecule has 0 spiro atoms. The molecule has 0 aliphatic carbocycles. The number of anilines is 4. The lowest BCUT2D eigenvalue weighted by Crippen LogP contribution is -2.22. The second-order valence-electron chi connectivity index (χ2n) is 7.85. The molecule has 30 heavy (non-hydrogen) atoms. The standard InChI is InChI=1S/C23H30N4O3/c1-15(2)13-21(28)25-18-7-5-17(6-8-18)24-14-22(29)26-19-9-11-20(12-10-19)27-23(30)16(3)4/h5-12,15-16,24H,13-14H2,1-4H3,(H,25,28)(H,26,29)(H,27,30). The van der Waals surface area contributed by atoms with Gasteiger partial charge in [0.05, 0.1) is 6.54 Å². The third-order valence-corrected chi connectivity index (χ3v) is 4.18. The van der Waals surface area contributed by atoms with Gasteiger partial charge in [-0.25, -0.2) is 0 Å². The first-order valence-electron chi connectivity index (χ1n) is 10.1. The lowest BCUT2D eigenvalue weighted by molar-refractivity contribution is -0.119. The highest BCUT2D eigenvalue weighted by Gasteiger charge is 2.08. The van der Waals surface area contributed by atoms with Gasteiger partial charge in [0, 0.05) is 35.1 Å². The van der Waals surface area contributed by atoms with Crippen molar-refractivity contribution in [3.05, 3.63) is 48.5 Å². The van der Waals surface area contributed by atoms with Gasteiger partial charge < -0.3 is 21.3 Å². The van der Waals surface area contributed by atoms with E-state index in [9.17, 15) is 14.4 Å². The summed E-state index contributed by atoms with van der Waals surface area (Å²) in [5.41, 5.74) is 2.83. The summed E-state index contributed by atoms with van der Waals surface area (Å²) in [7, 11) is 0. The molecule has 0 aliphatic rings. The van der Waals surface area contributed by atoms with Gasteiger partial charge in [-0.1, -0.05) is 27.7 Å². The van der Waals surface area contributed by atoms with Crippen molar-refractivity contribution in [3.63, 3.8) is 0 Å². The summed E-state index contributed by atoms with van der Waals surface area (Å²) in [4.78, 5) is 35.7. The maximum atomic E-state index is 12.2. The predicted molar refractivity (Wildman–Crippen MR) is 122 cm³/mol. The van der Waals surface area contributed by atoms with Gasteiger partial charge >= 0.3 is 0 Å². The summed E-state index contributed by atoms with van der Waals surface area (Å²) in [6.07, 6.45) is 0.477. The normalized spacial score (nSPS) is 10.6. The first-order chi connectivity index (χ1) is 14.2. The van der Waals surface area contributed by atoms with Gasteiger partial charge in [0.15, 0.2) is 0 Å². The highest BCUT2D eigenvalue weighted by Crippen LogP contribution is 2.16. The van der Waals surface area contributed by atoms with E-state index in [0.717, 1.165) is 11.4 Å². The van der Waals surface area contributed by atoms with Gasteiger partial charge in [0.2, 0.25) is 17.7 Å². The first kappa shape index (κ1) is 22.9. The molecule has 0 aromatic heterocycles. The summed E-state index contributed by atoms with van der Waals surface area (Å²) < 4.78 is 0. The SMILES string of the molecule is CC(C)CC(=O)Nc1ccc(NCC(=O)Nc2ccc(NC(=O)C(C)C)cc2)cc1. The Bertz CT molecular complexity index is 859. The molecular formula is C23H30N4O3. The van der Waals surface area contributed by atoms with E-state index in [1.807, 2.05) is 39.8 Å². The smallest absolute Gasteiger partial charge is 0.243 e. The number of benzene rings is 2. The summed E-state index contributed by atoms with van der Waals surface area (Å²) in [5.74, 6) is -0.0510. The molecule has 0 atom stereocenters. The van der Waals surface area contributed by atoms with E-state index >= 15 is 0 Å². The number of hydrogen-bond donors (Lipinski definition) is 4. The minimum absolute atomic E-state index is 0.0140. The van der Waals surface area contributed by atoms with Gasteiger partial charge in [0.25, 0.3) is 0 Å². The Labute approximate surface area is 177 Å². The van der Waals surface area contributed by atoms with Gasteiger partial charge in [0.1, 0.15) is 0 Å². The average molecular weight is 411 g/mol. The predicted octanol–water partition coefficient (Wildman–Crippen LogP) is 4.32. The van der Waals surface area contributed by atoms with E-state index in [1.165, 1.54) is 0 Å². The number of nitrogens with one attached hydrogen (secondary N) is 4. The van der Waals surface area contributed by atoms with Crippen LogP contribution < -0.4 is 21.3 Å². The number of amides is 3. The molecular weight excluding hydrogens is 380 g/mol. The molecule has 160 valence electrons. The fourth-order valence-corrected chi connectivity index (χ4v) is 2.57. The molecule has 7 nitrogen and oxygen atoms in total. The van der Waals surface area contributed by atoms with Crippen molar-refractivity contribution < 1.29 is 14.4 Å². The number of hydrogen-bond acceptors (Lipinski definition) is 4. The monoisotopic (exact) mass is 410 g/mol. The molecule has 0 saturated carbocycles. The highest BCUT2D eigenvalue weighted by molar-refractivity contribution is 5.95. The lowest BCUT2D eigenvalue weighted by Gasteiger charge is -2.11. The summed E-state index contributed by atoms with van der Waals surface area (Å²) in [6, 6.07) is 14.2. The maximum Gasteiger partial charge on any atom is 0.243 e. The van der Waals surface area contributed by atoms with Crippen molar-refractivity contribution in [2.75, 3.05) is 27.8 Å². The van der Waals surface area contributed by atoms with Crippen LogP contribution in [0.3, 0.4) is 0 Å². The van der Waals surface area contributed by atoms with Crippen LogP contribution in [0.2, 0.25) is 0 Å². The molecule has 4 N–H and O–H groups in total. The van der Waals surface area contributed by atoms with Crippen LogP contribution in [-0.4, -0.2) is 24.3 Å². The summed E-state index contributed by atoms with van der Waals surface area (Å²) in [6.45, 7) is 7.75. The van der Waals surface area contributed by atoms with Crippen LogP contribution in [0, 0.1) is 11.8 Å². The Morgan fingerprint density at radius 3 is 1.57 bits per heavy atom. The van der Waals surface area contributed by atoms with Crippen LogP contribution in [0.4, 0.5) is 22.7 Å². The third-order valence-electron chi connectivity index (χ3n) is 4.18. The fourth-order valence-electron chi connectivity index (χ4n) is 2.57. The zero-order valence-electron chi connectivity index (χ0n) is 17.9. The Kier molecular flexibility index (Phi) is 8.41. The minimum Gasteiger partial charge on any atom is -0.376 e. The van der Waals surface area contributed by atoms with Gasteiger partial charge in [-0.05, 0) is 54.4 Å². The molecule has 0 unspecified atom stereocenters. The first-order valence-corrected chi connectivity index (χ1v) is 10.1. The quantitative estimate of drug-likeness (QED) is 0.495. The Morgan fingerprint density at radius 2 is 1.10 bits per heavy atom. The number of carbonyl (C=O) groups excluding carboxylic acids is 3. The fraction of sp³-hybridized carbons (Fsp3) is 0.348. The lowest BCUT2D eigenvalue weighted by atomic mass is 10.1. The van der Waals surface area contributed by atoms with Crippen LogP contribution in [0.1, 0.15) is 34.1 Å². The van der Waals surface area contributed by atoms with Crippen molar-refractivity contribution in [2.45, 2.75) is 34.1 Å². The molecule has 3 amide bonds. The third kappa shape index (κ3) is 7.95. The average Bonchev–Trinajstić information content (AvgIpc) is 2.68. The zero-order valence-corrected chi connectivity index (χ0v) is 17.9. The van der Waals surface area contributed by atoms with Crippen LogP contribution in [0.25, 0.3) is 0 Å². The van der Waals surface area contributed by atoms with Gasteiger partial charge in [-0.3, -0.25) is 14.4 Å². The van der Waals surface area contributed by atoms with Crippen LogP contribution in [0.5, 0.6) is 0 Å². The van der Waals surface area contributed by atoms with Crippen molar-refractivity contribution in [3.8, 4) is 0 Å². The summed E-state index contributed by atoms with van der Waals surface area (Å²) in [5, 5.41) is 11.5. The molecule has 0 fully saturated rings. The van der Waals surface area contributed by atoms with Crippen molar-refractivity contribution in [1.82, 2.24) is 0 Å². The van der Waals surface area contributed by atoms with E-state index in [2.05, 4.69) is 21.3 Å². The Morgan fingerprint density at radius 1 is 0.667 bits per heavy atom. The van der Waals surface area contributed by atoms with Crippen LogP contribution in [0.15, 0.2) is 48.5 Å². The van der Waals surface area contributed by atoms with Crippen molar-refractivity contribution in [2.24, 2.45) is 11.8 Å². The van der Waals surface area contributed by atoms with Gasteiger partial charge in [-0.2, -0.15) is 0 Å². The van der Waals surface area contributed by atoms with Crippen molar-refractivity contribution >= 4 is 40.5 Å². The van der Waals surface area contributed by atoms with Crippen LogP contribution >= 0.6 is 0 Å².